The number of rotatable bonds is 8. The van der Waals surface area contributed by atoms with Crippen molar-refractivity contribution in [1.82, 2.24) is 10.3 Å². The molecule has 2 heterocycles. The van der Waals surface area contributed by atoms with Gasteiger partial charge < -0.3 is 19.5 Å². The molecule has 1 amide bonds. The standard InChI is InChI=1S/C17H21F3N2O5/c1-3-15(9-25-10-15)11-27-16(17(18,19)20,14(24)26-4-2)22-13(23)12-6-5-7-21-8-12/h5-8H,3-4,9-11H2,1-2H3,(H,22,23). The van der Waals surface area contributed by atoms with Crippen molar-refractivity contribution in [2.24, 2.45) is 5.41 Å². The highest BCUT2D eigenvalue weighted by Crippen LogP contribution is 2.38. The second-order valence-electron chi connectivity index (χ2n) is 6.23. The number of pyridine rings is 1. The number of ether oxygens (including phenoxy) is 3. The number of hydrogen-bond donors (Lipinski definition) is 1. The van der Waals surface area contributed by atoms with E-state index in [1.807, 2.05) is 0 Å². The summed E-state index contributed by atoms with van der Waals surface area (Å²) in [5, 5.41) is 1.67. The number of esters is 1. The summed E-state index contributed by atoms with van der Waals surface area (Å²) < 4.78 is 56.5. The molecular formula is C17H21F3N2O5. The van der Waals surface area contributed by atoms with Crippen molar-refractivity contribution >= 4 is 11.9 Å². The van der Waals surface area contributed by atoms with E-state index in [0.717, 1.165) is 6.20 Å². The van der Waals surface area contributed by atoms with Crippen molar-refractivity contribution in [2.75, 3.05) is 26.4 Å². The van der Waals surface area contributed by atoms with Crippen molar-refractivity contribution in [3.63, 3.8) is 0 Å². The molecule has 0 aliphatic carbocycles. The van der Waals surface area contributed by atoms with E-state index in [4.69, 9.17) is 9.47 Å². The van der Waals surface area contributed by atoms with Gasteiger partial charge in [-0.1, -0.05) is 6.92 Å². The van der Waals surface area contributed by atoms with Crippen LogP contribution in [0.15, 0.2) is 24.5 Å². The molecule has 1 atom stereocenters. The van der Waals surface area contributed by atoms with Crippen molar-refractivity contribution < 1.29 is 37.0 Å². The zero-order chi connectivity index (χ0) is 20.1. The first-order valence-electron chi connectivity index (χ1n) is 8.38. The fourth-order valence-corrected chi connectivity index (χ4v) is 2.42. The van der Waals surface area contributed by atoms with E-state index in [1.165, 1.54) is 25.3 Å². The van der Waals surface area contributed by atoms with Gasteiger partial charge in [0.1, 0.15) is 0 Å². The SMILES string of the molecule is CCOC(=O)C(NC(=O)c1cccnc1)(OCC1(CC)COC1)C(F)(F)F. The molecule has 1 aromatic rings. The second kappa shape index (κ2) is 8.22. The normalized spacial score (nSPS) is 18.1. The Morgan fingerprint density at radius 2 is 2.04 bits per heavy atom. The van der Waals surface area contributed by atoms with Gasteiger partial charge in [-0.05, 0) is 25.5 Å². The zero-order valence-electron chi connectivity index (χ0n) is 15.0. The quantitative estimate of drug-likeness (QED) is 0.540. The highest BCUT2D eigenvalue weighted by Gasteiger charge is 2.65. The molecule has 1 N–H and O–H groups in total. The first kappa shape index (κ1) is 21.1. The minimum Gasteiger partial charge on any atom is -0.462 e. The molecule has 1 saturated heterocycles. The molecule has 1 aliphatic heterocycles. The summed E-state index contributed by atoms with van der Waals surface area (Å²) in [7, 11) is 0. The Labute approximate surface area is 154 Å². The summed E-state index contributed by atoms with van der Waals surface area (Å²) in [5.41, 5.74) is -4.44. The van der Waals surface area contributed by atoms with Gasteiger partial charge in [-0.2, -0.15) is 13.2 Å². The Morgan fingerprint density at radius 3 is 2.48 bits per heavy atom. The lowest BCUT2D eigenvalue weighted by Crippen LogP contribution is -2.67. The monoisotopic (exact) mass is 390 g/mol. The maximum Gasteiger partial charge on any atom is 0.448 e. The van der Waals surface area contributed by atoms with E-state index in [9.17, 15) is 22.8 Å². The fourth-order valence-electron chi connectivity index (χ4n) is 2.42. The van der Waals surface area contributed by atoms with Crippen molar-refractivity contribution in [1.29, 1.82) is 0 Å². The van der Waals surface area contributed by atoms with Gasteiger partial charge in [-0.3, -0.25) is 9.78 Å². The largest absolute Gasteiger partial charge is 0.462 e. The maximum absolute atomic E-state index is 13.9. The van der Waals surface area contributed by atoms with Gasteiger partial charge >= 0.3 is 17.9 Å². The molecule has 27 heavy (non-hydrogen) atoms. The van der Waals surface area contributed by atoms with Crippen molar-refractivity contribution in [3.05, 3.63) is 30.1 Å². The Hall–Kier alpha value is -2.20. The third-order valence-electron chi connectivity index (χ3n) is 4.34. The highest BCUT2D eigenvalue weighted by molar-refractivity contribution is 5.97. The smallest absolute Gasteiger partial charge is 0.448 e. The number of nitrogens with zero attached hydrogens (tertiary/aromatic N) is 1. The van der Waals surface area contributed by atoms with Gasteiger partial charge in [0.25, 0.3) is 5.91 Å². The summed E-state index contributed by atoms with van der Waals surface area (Å²) in [6.45, 7) is 2.79. The van der Waals surface area contributed by atoms with Crippen LogP contribution >= 0.6 is 0 Å². The van der Waals surface area contributed by atoms with Crippen LogP contribution in [0, 0.1) is 5.41 Å². The van der Waals surface area contributed by atoms with Crippen LogP contribution in [0.2, 0.25) is 0 Å². The molecule has 7 nitrogen and oxygen atoms in total. The van der Waals surface area contributed by atoms with Crippen molar-refractivity contribution in [3.8, 4) is 0 Å². The average Bonchev–Trinajstić information content (AvgIpc) is 2.59. The summed E-state index contributed by atoms with van der Waals surface area (Å²) >= 11 is 0. The molecule has 0 spiro atoms. The number of carbonyl (C=O) groups excluding carboxylic acids is 2. The Bertz CT molecular complexity index is 659. The Morgan fingerprint density at radius 1 is 1.33 bits per heavy atom. The van der Waals surface area contributed by atoms with Crippen LogP contribution in [0.5, 0.6) is 0 Å². The van der Waals surface area contributed by atoms with E-state index in [1.54, 1.807) is 12.2 Å². The zero-order valence-corrected chi connectivity index (χ0v) is 15.0. The number of halogens is 3. The van der Waals surface area contributed by atoms with E-state index in [-0.39, 0.29) is 25.4 Å². The number of amides is 1. The molecule has 1 aliphatic rings. The molecule has 2 rings (SSSR count). The molecular weight excluding hydrogens is 369 g/mol. The number of carbonyl (C=O) groups is 2. The lowest BCUT2D eigenvalue weighted by atomic mass is 9.84. The van der Waals surface area contributed by atoms with Crippen LogP contribution < -0.4 is 5.32 Å². The minimum atomic E-state index is -5.25. The van der Waals surface area contributed by atoms with Gasteiger partial charge in [0.2, 0.25) is 0 Å². The molecule has 1 aromatic heterocycles. The fraction of sp³-hybridized carbons (Fsp3) is 0.588. The van der Waals surface area contributed by atoms with E-state index < -0.39 is 35.8 Å². The van der Waals surface area contributed by atoms with Gasteiger partial charge in [-0.25, -0.2) is 4.79 Å². The predicted molar refractivity (Wildman–Crippen MR) is 86.6 cm³/mol. The van der Waals surface area contributed by atoms with Gasteiger partial charge in [0.15, 0.2) is 0 Å². The van der Waals surface area contributed by atoms with Crippen molar-refractivity contribution in [2.45, 2.75) is 32.2 Å². The number of nitrogens with one attached hydrogen (secondary N) is 1. The second-order valence-corrected chi connectivity index (χ2v) is 6.23. The van der Waals surface area contributed by atoms with Crippen LogP contribution in [0.1, 0.15) is 30.6 Å². The summed E-state index contributed by atoms with van der Waals surface area (Å²) in [4.78, 5) is 28.3. The Balaban J connectivity index is 2.35. The first-order valence-corrected chi connectivity index (χ1v) is 8.38. The van der Waals surface area contributed by atoms with Gasteiger partial charge in [0.05, 0.1) is 32.0 Å². The van der Waals surface area contributed by atoms with Gasteiger partial charge in [0, 0.05) is 17.8 Å². The molecule has 0 radical (unpaired) electrons. The van der Waals surface area contributed by atoms with Gasteiger partial charge in [-0.15, -0.1) is 0 Å². The average molecular weight is 390 g/mol. The highest BCUT2D eigenvalue weighted by atomic mass is 19.4. The van der Waals surface area contributed by atoms with Crippen LogP contribution in [0.4, 0.5) is 13.2 Å². The molecule has 0 saturated carbocycles. The lowest BCUT2D eigenvalue weighted by molar-refractivity contribution is -0.298. The van der Waals surface area contributed by atoms with E-state index in [0.29, 0.717) is 6.42 Å². The molecule has 10 heteroatoms. The van der Waals surface area contributed by atoms with Crippen LogP contribution in [-0.2, 0) is 19.0 Å². The topological polar surface area (TPSA) is 86.8 Å². The number of alkyl halides is 3. The Kier molecular flexibility index (Phi) is 6.42. The molecule has 0 bridgehead atoms. The predicted octanol–water partition coefficient (Wildman–Crippen LogP) is 2.08. The van der Waals surface area contributed by atoms with E-state index in [2.05, 4.69) is 9.72 Å². The summed E-state index contributed by atoms with van der Waals surface area (Å²) in [6, 6.07) is 2.65. The van der Waals surface area contributed by atoms with Crippen LogP contribution in [-0.4, -0.2) is 55.2 Å². The summed E-state index contributed by atoms with van der Waals surface area (Å²) in [6.07, 6.45) is -2.33. The van der Waals surface area contributed by atoms with Crippen LogP contribution in [0.3, 0.4) is 0 Å². The molecule has 1 unspecified atom stereocenters. The molecule has 1 fully saturated rings. The minimum absolute atomic E-state index is 0.156. The molecule has 150 valence electrons. The number of hydrogen-bond acceptors (Lipinski definition) is 6. The first-order chi connectivity index (χ1) is 12.7. The summed E-state index contributed by atoms with van der Waals surface area (Å²) in [5.74, 6) is -2.90. The third kappa shape index (κ3) is 4.38. The van der Waals surface area contributed by atoms with Crippen LogP contribution in [0.25, 0.3) is 0 Å². The number of aromatic nitrogens is 1. The lowest BCUT2D eigenvalue weighted by Gasteiger charge is -2.43. The van der Waals surface area contributed by atoms with E-state index >= 15 is 0 Å². The third-order valence-corrected chi connectivity index (χ3v) is 4.34. The maximum atomic E-state index is 13.9. The molecule has 0 aromatic carbocycles.